The minimum Gasteiger partial charge on any atom is -0.497 e. The molecular weight excluding hydrogens is 314 g/mol. The Hall–Kier alpha value is -0.700. The van der Waals surface area contributed by atoms with Crippen molar-refractivity contribution in [2.45, 2.75) is 39.5 Å². The van der Waals surface area contributed by atoms with E-state index in [1.54, 1.807) is 7.11 Å². The van der Waals surface area contributed by atoms with E-state index in [0.29, 0.717) is 5.41 Å². The molecule has 0 saturated heterocycles. The molecule has 1 aromatic carbocycles. The van der Waals surface area contributed by atoms with E-state index in [1.807, 2.05) is 12.1 Å². The lowest BCUT2D eigenvalue weighted by Crippen LogP contribution is -2.37. The van der Waals surface area contributed by atoms with Crippen molar-refractivity contribution in [3.63, 3.8) is 0 Å². The van der Waals surface area contributed by atoms with Crippen LogP contribution in [-0.2, 0) is 0 Å². The number of rotatable bonds is 9. The fourth-order valence-corrected chi connectivity index (χ4v) is 3.69. The molecule has 0 fully saturated rings. The third kappa shape index (κ3) is 4.69. The molecule has 114 valence electrons. The normalized spacial score (nSPS) is 11.4. The van der Waals surface area contributed by atoms with Crippen LogP contribution in [0.25, 0.3) is 0 Å². The number of alkyl halides is 1. The maximum absolute atomic E-state index is 5.22. The van der Waals surface area contributed by atoms with Crippen LogP contribution in [0.3, 0.4) is 0 Å². The van der Waals surface area contributed by atoms with Crippen molar-refractivity contribution in [1.29, 1.82) is 0 Å². The van der Waals surface area contributed by atoms with Gasteiger partial charge in [0.05, 0.1) is 7.11 Å². The highest BCUT2D eigenvalue weighted by atomic mass is 79.9. The molecule has 0 N–H and O–H groups in total. The van der Waals surface area contributed by atoms with Crippen LogP contribution in [0.15, 0.2) is 24.3 Å². The number of hydrogen-bond acceptors (Lipinski definition) is 2. The van der Waals surface area contributed by atoms with E-state index < -0.39 is 0 Å². The van der Waals surface area contributed by atoms with Gasteiger partial charge in [-0.25, -0.2) is 0 Å². The van der Waals surface area contributed by atoms with Crippen molar-refractivity contribution in [3.8, 4) is 5.75 Å². The van der Waals surface area contributed by atoms with Crippen LogP contribution in [0.5, 0.6) is 5.75 Å². The lowest BCUT2D eigenvalue weighted by atomic mass is 9.80. The van der Waals surface area contributed by atoms with E-state index in [1.165, 1.54) is 31.4 Å². The molecule has 0 radical (unpaired) electrons. The summed E-state index contributed by atoms with van der Waals surface area (Å²) in [6.07, 6.45) is 5.02. The molecule has 0 heterocycles. The predicted octanol–water partition coefficient (Wildman–Crippen LogP) is 5.11. The zero-order valence-electron chi connectivity index (χ0n) is 13.3. The summed E-state index contributed by atoms with van der Waals surface area (Å²) >= 11 is 3.75. The van der Waals surface area contributed by atoms with Gasteiger partial charge in [0.2, 0.25) is 0 Å². The first-order valence-electron chi connectivity index (χ1n) is 7.52. The van der Waals surface area contributed by atoms with E-state index in [9.17, 15) is 0 Å². The van der Waals surface area contributed by atoms with E-state index in [-0.39, 0.29) is 0 Å². The van der Waals surface area contributed by atoms with Crippen LogP contribution in [0.1, 0.15) is 39.5 Å². The van der Waals surface area contributed by atoms with Crippen molar-refractivity contribution >= 4 is 21.6 Å². The molecule has 0 spiro atoms. The fraction of sp³-hybridized carbons (Fsp3) is 0.647. The van der Waals surface area contributed by atoms with Gasteiger partial charge in [-0.05, 0) is 42.5 Å². The molecule has 20 heavy (non-hydrogen) atoms. The molecule has 0 aromatic heterocycles. The summed E-state index contributed by atoms with van der Waals surface area (Å²) in [6.45, 7) is 5.65. The van der Waals surface area contributed by atoms with Crippen molar-refractivity contribution in [3.05, 3.63) is 24.3 Å². The first kappa shape index (κ1) is 17.4. The Bertz CT molecular complexity index is 371. The summed E-state index contributed by atoms with van der Waals surface area (Å²) in [7, 11) is 3.89. The first-order chi connectivity index (χ1) is 9.60. The van der Waals surface area contributed by atoms with Gasteiger partial charge in [-0.1, -0.05) is 42.6 Å². The summed E-state index contributed by atoms with van der Waals surface area (Å²) in [4.78, 5) is 2.37. The largest absolute Gasteiger partial charge is 0.497 e. The van der Waals surface area contributed by atoms with Gasteiger partial charge in [0, 0.05) is 24.6 Å². The SMILES string of the molecule is CCCC(CBr)(CCC)CN(C)c1ccc(OC)cc1. The maximum atomic E-state index is 5.22. The summed E-state index contributed by atoms with van der Waals surface area (Å²) in [5.41, 5.74) is 1.63. The van der Waals surface area contributed by atoms with E-state index in [4.69, 9.17) is 4.74 Å². The number of anilines is 1. The predicted molar refractivity (Wildman–Crippen MR) is 92.3 cm³/mol. The molecule has 1 rings (SSSR count). The van der Waals surface area contributed by atoms with Crippen LogP contribution in [-0.4, -0.2) is 26.0 Å². The zero-order valence-corrected chi connectivity index (χ0v) is 14.9. The average molecular weight is 342 g/mol. The summed E-state index contributed by atoms with van der Waals surface area (Å²) in [5.74, 6) is 0.913. The quantitative estimate of drug-likeness (QED) is 0.578. The second-order valence-electron chi connectivity index (χ2n) is 5.69. The monoisotopic (exact) mass is 341 g/mol. The summed E-state index contributed by atoms with van der Waals surface area (Å²) in [6, 6.07) is 8.33. The molecule has 3 heteroatoms. The Morgan fingerprint density at radius 3 is 2.05 bits per heavy atom. The Morgan fingerprint density at radius 1 is 1.10 bits per heavy atom. The van der Waals surface area contributed by atoms with Crippen LogP contribution >= 0.6 is 15.9 Å². The van der Waals surface area contributed by atoms with Gasteiger partial charge in [-0.15, -0.1) is 0 Å². The fourth-order valence-electron chi connectivity index (χ4n) is 2.95. The minimum absolute atomic E-state index is 0.373. The summed E-state index contributed by atoms with van der Waals surface area (Å²) < 4.78 is 5.22. The van der Waals surface area contributed by atoms with Crippen molar-refractivity contribution < 1.29 is 4.74 Å². The highest BCUT2D eigenvalue weighted by Crippen LogP contribution is 2.34. The lowest BCUT2D eigenvalue weighted by molar-refractivity contribution is 0.283. The number of benzene rings is 1. The molecule has 0 aliphatic rings. The molecule has 0 atom stereocenters. The zero-order chi connectivity index (χ0) is 15.0. The van der Waals surface area contributed by atoms with Gasteiger partial charge >= 0.3 is 0 Å². The molecule has 0 amide bonds. The third-order valence-electron chi connectivity index (χ3n) is 3.93. The number of methoxy groups -OCH3 is 1. The molecule has 1 aromatic rings. The molecule has 0 bridgehead atoms. The smallest absolute Gasteiger partial charge is 0.119 e. The second-order valence-corrected chi connectivity index (χ2v) is 6.25. The molecule has 0 unspecified atom stereocenters. The Labute approximate surface area is 132 Å². The molecule has 2 nitrogen and oxygen atoms in total. The van der Waals surface area contributed by atoms with Gasteiger partial charge < -0.3 is 9.64 Å². The number of halogens is 1. The number of hydrogen-bond donors (Lipinski definition) is 0. The molecule has 0 aliphatic carbocycles. The van der Waals surface area contributed by atoms with Crippen LogP contribution in [0.4, 0.5) is 5.69 Å². The highest BCUT2D eigenvalue weighted by molar-refractivity contribution is 9.09. The topological polar surface area (TPSA) is 12.5 Å². The number of nitrogens with zero attached hydrogens (tertiary/aromatic N) is 1. The lowest BCUT2D eigenvalue weighted by Gasteiger charge is -2.36. The second kappa shape index (κ2) is 8.56. The van der Waals surface area contributed by atoms with E-state index >= 15 is 0 Å². The third-order valence-corrected chi connectivity index (χ3v) is 5.12. The van der Waals surface area contributed by atoms with Crippen molar-refractivity contribution in [1.82, 2.24) is 0 Å². The molecule has 0 saturated carbocycles. The van der Waals surface area contributed by atoms with Gasteiger partial charge in [-0.3, -0.25) is 0 Å². The van der Waals surface area contributed by atoms with Gasteiger partial charge in [0.15, 0.2) is 0 Å². The average Bonchev–Trinajstić information content (AvgIpc) is 2.47. The van der Waals surface area contributed by atoms with Crippen LogP contribution in [0, 0.1) is 5.41 Å². The maximum Gasteiger partial charge on any atom is 0.119 e. The van der Waals surface area contributed by atoms with Gasteiger partial charge in [0.1, 0.15) is 5.75 Å². The first-order valence-corrected chi connectivity index (χ1v) is 8.64. The molecular formula is C17H28BrNO. The minimum atomic E-state index is 0.373. The Balaban J connectivity index is 2.80. The van der Waals surface area contributed by atoms with Crippen molar-refractivity contribution in [2.24, 2.45) is 5.41 Å². The van der Waals surface area contributed by atoms with Gasteiger partial charge in [-0.2, -0.15) is 0 Å². The van der Waals surface area contributed by atoms with Gasteiger partial charge in [0.25, 0.3) is 0 Å². The Kier molecular flexibility index (Phi) is 7.42. The van der Waals surface area contributed by atoms with Crippen molar-refractivity contribution in [2.75, 3.05) is 30.9 Å². The highest BCUT2D eigenvalue weighted by Gasteiger charge is 2.28. The summed E-state index contributed by atoms with van der Waals surface area (Å²) in [5, 5.41) is 1.07. The van der Waals surface area contributed by atoms with Crippen LogP contribution in [0.2, 0.25) is 0 Å². The number of ether oxygens (including phenoxy) is 1. The van der Waals surface area contributed by atoms with Crippen LogP contribution < -0.4 is 9.64 Å². The Morgan fingerprint density at radius 2 is 1.65 bits per heavy atom. The van der Waals surface area contributed by atoms with E-state index in [2.05, 4.69) is 53.9 Å². The molecule has 0 aliphatic heterocycles. The standard InChI is InChI=1S/C17H28BrNO/c1-5-11-17(13-18,12-6-2)14-19(3)15-7-9-16(20-4)10-8-15/h7-10H,5-6,11-14H2,1-4H3. The van der Waals surface area contributed by atoms with E-state index in [0.717, 1.165) is 17.6 Å².